The molecule has 0 bridgehead atoms. The van der Waals surface area contributed by atoms with Gasteiger partial charge in [-0.3, -0.25) is 4.79 Å². The molecule has 0 spiro atoms. The quantitative estimate of drug-likeness (QED) is 0.524. The zero-order valence-electron chi connectivity index (χ0n) is 17.6. The van der Waals surface area contributed by atoms with E-state index in [1.54, 1.807) is 12.1 Å². The lowest BCUT2D eigenvalue weighted by Gasteiger charge is -2.27. The van der Waals surface area contributed by atoms with Gasteiger partial charge in [0.05, 0.1) is 13.2 Å². The number of aryl methyl sites for hydroxylation is 1. The van der Waals surface area contributed by atoms with Crippen LogP contribution in [0.25, 0.3) is 11.1 Å². The maximum Gasteiger partial charge on any atom is 0.137 e. The Hall–Kier alpha value is -3.05. The van der Waals surface area contributed by atoms with E-state index in [2.05, 4.69) is 9.88 Å². The molecule has 0 N–H and O–H groups in total. The average Bonchev–Trinajstić information content (AvgIpc) is 2.81. The van der Waals surface area contributed by atoms with Crippen molar-refractivity contribution in [2.75, 3.05) is 31.2 Å². The minimum atomic E-state index is -0.215. The average molecular weight is 419 g/mol. The first kappa shape index (κ1) is 21.2. The van der Waals surface area contributed by atoms with Crippen molar-refractivity contribution >= 4 is 11.6 Å². The number of nitrogens with zero attached hydrogens (tertiary/aromatic N) is 2. The van der Waals surface area contributed by atoms with Crippen LogP contribution in [0, 0.1) is 5.82 Å². The summed E-state index contributed by atoms with van der Waals surface area (Å²) in [4.78, 5) is 19.1. The van der Waals surface area contributed by atoms with Gasteiger partial charge in [-0.25, -0.2) is 9.37 Å². The maximum absolute atomic E-state index is 13.9. The van der Waals surface area contributed by atoms with E-state index in [0.717, 1.165) is 61.7 Å². The molecule has 1 aromatic heterocycles. The fourth-order valence-electron chi connectivity index (χ4n) is 3.85. The van der Waals surface area contributed by atoms with Crippen LogP contribution in [-0.4, -0.2) is 37.1 Å². The van der Waals surface area contributed by atoms with Gasteiger partial charge < -0.3 is 9.64 Å². The van der Waals surface area contributed by atoms with Crippen LogP contribution in [0.2, 0.25) is 0 Å². The van der Waals surface area contributed by atoms with Gasteiger partial charge in [0.15, 0.2) is 0 Å². The first-order chi connectivity index (χ1) is 15.2. The van der Waals surface area contributed by atoms with Crippen LogP contribution in [0.15, 0.2) is 66.9 Å². The standard InChI is InChI=1S/C26H27FN2O2/c27-25-7-2-1-6-24(25)22-11-8-20(9-12-22)4-3-5-23(30)18-21-10-13-26(28-19-21)29-14-16-31-17-15-29/h1-2,6-13,19H,3-5,14-18H2. The molecule has 0 aliphatic carbocycles. The van der Waals surface area contributed by atoms with Crippen LogP contribution in [0.1, 0.15) is 24.0 Å². The molecule has 2 aromatic carbocycles. The van der Waals surface area contributed by atoms with Crippen LogP contribution in [-0.2, 0) is 22.4 Å². The number of benzene rings is 2. The molecular formula is C26H27FN2O2. The predicted octanol–water partition coefficient (Wildman–Crippen LogP) is 4.86. The number of halogens is 1. The summed E-state index contributed by atoms with van der Waals surface area (Å²) in [6.07, 6.45) is 4.40. The van der Waals surface area contributed by atoms with E-state index in [4.69, 9.17) is 4.74 Å². The number of hydrogen-bond donors (Lipinski definition) is 0. The van der Waals surface area contributed by atoms with E-state index in [1.807, 2.05) is 48.7 Å². The Morgan fingerprint density at radius 2 is 1.71 bits per heavy atom. The predicted molar refractivity (Wildman–Crippen MR) is 121 cm³/mol. The molecule has 31 heavy (non-hydrogen) atoms. The summed E-state index contributed by atoms with van der Waals surface area (Å²) in [5.74, 6) is 0.954. The largest absolute Gasteiger partial charge is 0.378 e. The first-order valence-electron chi connectivity index (χ1n) is 10.8. The number of carbonyl (C=O) groups excluding carboxylic acids is 1. The van der Waals surface area contributed by atoms with Gasteiger partial charge in [-0.05, 0) is 41.7 Å². The summed E-state index contributed by atoms with van der Waals surface area (Å²) in [7, 11) is 0. The van der Waals surface area contributed by atoms with E-state index in [-0.39, 0.29) is 11.6 Å². The molecule has 0 unspecified atom stereocenters. The summed E-state index contributed by atoms with van der Waals surface area (Å²) in [5.41, 5.74) is 3.59. The van der Waals surface area contributed by atoms with E-state index in [9.17, 15) is 9.18 Å². The first-order valence-corrected chi connectivity index (χ1v) is 10.8. The molecule has 5 heteroatoms. The Kier molecular flexibility index (Phi) is 7.05. The highest BCUT2D eigenvalue weighted by Crippen LogP contribution is 2.23. The highest BCUT2D eigenvalue weighted by molar-refractivity contribution is 5.80. The summed E-state index contributed by atoms with van der Waals surface area (Å²) in [5, 5.41) is 0. The van der Waals surface area contributed by atoms with Crippen molar-refractivity contribution in [3.63, 3.8) is 0 Å². The molecule has 2 heterocycles. The number of ketones is 1. The van der Waals surface area contributed by atoms with Crippen LogP contribution in [0.3, 0.4) is 0 Å². The molecule has 0 saturated carbocycles. The molecule has 4 rings (SSSR count). The van der Waals surface area contributed by atoms with Gasteiger partial charge in [-0.15, -0.1) is 0 Å². The number of carbonyl (C=O) groups is 1. The Balaban J connectivity index is 1.23. The molecule has 1 aliphatic rings. The number of anilines is 1. The number of morpholine rings is 1. The molecular weight excluding hydrogens is 391 g/mol. The Bertz CT molecular complexity index is 997. The monoisotopic (exact) mass is 418 g/mol. The van der Waals surface area contributed by atoms with Crippen molar-refractivity contribution in [2.45, 2.75) is 25.7 Å². The van der Waals surface area contributed by atoms with Gasteiger partial charge in [-0.2, -0.15) is 0 Å². The number of aromatic nitrogens is 1. The molecule has 1 aliphatic heterocycles. The second kappa shape index (κ2) is 10.3. The number of rotatable bonds is 8. The summed E-state index contributed by atoms with van der Waals surface area (Å²) in [6.45, 7) is 3.17. The summed E-state index contributed by atoms with van der Waals surface area (Å²) < 4.78 is 19.3. The van der Waals surface area contributed by atoms with E-state index in [1.165, 1.54) is 6.07 Å². The number of ether oxygens (including phenoxy) is 1. The van der Waals surface area contributed by atoms with E-state index < -0.39 is 0 Å². The molecule has 1 saturated heterocycles. The highest BCUT2D eigenvalue weighted by atomic mass is 19.1. The molecule has 160 valence electrons. The zero-order chi connectivity index (χ0) is 21.5. The van der Waals surface area contributed by atoms with Crippen LogP contribution >= 0.6 is 0 Å². The van der Waals surface area contributed by atoms with Gasteiger partial charge in [0, 0.05) is 37.7 Å². The maximum atomic E-state index is 13.9. The lowest BCUT2D eigenvalue weighted by molar-refractivity contribution is -0.118. The molecule has 0 radical (unpaired) electrons. The second-order valence-corrected chi connectivity index (χ2v) is 7.87. The molecule has 1 fully saturated rings. The van der Waals surface area contributed by atoms with Crippen molar-refractivity contribution < 1.29 is 13.9 Å². The Labute approximate surface area is 182 Å². The third-order valence-corrected chi connectivity index (χ3v) is 5.61. The normalized spacial score (nSPS) is 13.9. The van der Waals surface area contributed by atoms with Crippen LogP contribution in [0.5, 0.6) is 0 Å². The lowest BCUT2D eigenvalue weighted by atomic mass is 10.00. The SMILES string of the molecule is O=C(CCCc1ccc(-c2ccccc2F)cc1)Cc1ccc(N2CCOCC2)nc1. The van der Waals surface area contributed by atoms with Crippen LogP contribution < -0.4 is 4.90 Å². The third-order valence-electron chi connectivity index (χ3n) is 5.61. The van der Waals surface area contributed by atoms with Gasteiger partial charge in [0.1, 0.15) is 17.4 Å². The molecule has 4 nitrogen and oxygen atoms in total. The molecule has 0 amide bonds. The van der Waals surface area contributed by atoms with Gasteiger partial charge in [0.2, 0.25) is 0 Å². The van der Waals surface area contributed by atoms with Crippen molar-refractivity contribution in [1.82, 2.24) is 4.98 Å². The van der Waals surface area contributed by atoms with Gasteiger partial charge in [0.25, 0.3) is 0 Å². The van der Waals surface area contributed by atoms with Crippen molar-refractivity contribution in [1.29, 1.82) is 0 Å². The van der Waals surface area contributed by atoms with E-state index in [0.29, 0.717) is 18.4 Å². The van der Waals surface area contributed by atoms with Crippen molar-refractivity contribution in [3.8, 4) is 11.1 Å². The number of pyridine rings is 1. The molecule has 0 atom stereocenters. The topological polar surface area (TPSA) is 42.4 Å². The van der Waals surface area contributed by atoms with Crippen molar-refractivity contribution in [3.05, 3.63) is 83.8 Å². The summed E-state index contributed by atoms with van der Waals surface area (Å²) in [6, 6.07) is 18.7. The number of hydrogen-bond acceptors (Lipinski definition) is 4. The molecule has 3 aromatic rings. The second-order valence-electron chi connectivity index (χ2n) is 7.87. The smallest absolute Gasteiger partial charge is 0.137 e. The van der Waals surface area contributed by atoms with Gasteiger partial charge >= 0.3 is 0 Å². The minimum absolute atomic E-state index is 0.215. The van der Waals surface area contributed by atoms with Crippen molar-refractivity contribution in [2.24, 2.45) is 0 Å². The van der Waals surface area contributed by atoms with Gasteiger partial charge in [-0.1, -0.05) is 48.5 Å². The Morgan fingerprint density at radius 3 is 2.42 bits per heavy atom. The number of Topliss-reactive ketones (excluding diaryl/α,β-unsaturated/α-hetero) is 1. The Morgan fingerprint density at radius 1 is 0.968 bits per heavy atom. The fourth-order valence-corrected chi connectivity index (χ4v) is 3.85. The van der Waals surface area contributed by atoms with Crippen LogP contribution in [0.4, 0.5) is 10.2 Å². The van der Waals surface area contributed by atoms with E-state index >= 15 is 0 Å². The lowest BCUT2D eigenvalue weighted by Crippen LogP contribution is -2.36. The zero-order valence-corrected chi connectivity index (χ0v) is 17.6. The summed E-state index contributed by atoms with van der Waals surface area (Å²) >= 11 is 0. The third kappa shape index (κ3) is 5.76. The minimum Gasteiger partial charge on any atom is -0.378 e. The highest BCUT2D eigenvalue weighted by Gasteiger charge is 2.12. The fraction of sp³-hybridized carbons (Fsp3) is 0.308.